The molecule has 3 amide bonds. The van der Waals surface area contributed by atoms with Crippen LogP contribution < -0.4 is 10.1 Å². The summed E-state index contributed by atoms with van der Waals surface area (Å²) in [5.74, 6) is 0.218. The maximum atomic E-state index is 13.2. The van der Waals surface area contributed by atoms with Gasteiger partial charge in [0.05, 0.1) is 6.54 Å². The first-order valence-corrected chi connectivity index (χ1v) is 11.7. The second-order valence-electron chi connectivity index (χ2n) is 8.44. The topological polar surface area (TPSA) is 58.6 Å². The highest BCUT2D eigenvalue weighted by Crippen LogP contribution is 2.32. The zero-order chi connectivity index (χ0) is 24.4. The fraction of sp³-hybridized carbons (Fsp3) is 0.103. The summed E-state index contributed by atoms with van der Waals surface area (Å²) in [6, 6.07) is 26.5. The van der Waals surface area contributed by atoms with Gasteiger partial charge in [-0.05, 0) is 41.5 Å². The van der Waals surface area contributed by atoms with Crippen molar-refractivity contribution in [2.75, 3.05) is 0 Å². The molecule has 4 aromatic carbocycles. The zero-order valence-corrected chi connectivity index (χ0v) is 19.9. The fourth-order valence-electron chi connectivity index (χ4n) is 4.06. The van der Waals surface area contributed by atoms with Crippen LogP contribution in [0.4, 0.5) is 4.79 Å². The number of hydrogen-bond acceptors (Lipinski definition) is 3. The normalized spacial score (nSPS) is 14.6. The summed E-state index contributed by atoms with van der Waals surface area (Å²) in [7, 11) is 0. The molecule has 35 heavy (non-hydrogen) atoms. The summed E-state index contributed by atoms with van der Waals surface area (Å²) in [5.41, 5.74) is 3.79. The van der Waals surface area contributed by atoms with Crippen LogP contribution in [-0.4, -0.2) is 16.8 Å². The molecule has 6 heteroatoms. The number of halogens is 1. The molecule has 174 valence electrons. The van der Waals surface area contributed by atoms with Crippen LogP contribution in [0.1, 0.15) is 22.3 Å². The molecule has 0 spiro atoms. The smallest absolute Gasteiger partial charge is 0.329 e. The van der Waals surface area contributed by atoms with Crippen LogP contribution >= 0.6 is 11.6 Å². The van der Waals surface area contributed by atoms with Gasteiger partial charge in [-0.15, -0.1) is 0 Å². The first-order chi connectivity index (χ1) is 17.0. The van der Waals surface area contributed by atoms with Crippen molar-refractivity contribution >= 4 is 40.4 Å². The molecular weight excluding hydrogens is 460 g/mol. The van der Waals surface area contributed by atoms with Gasteiger partial charge in [-0.2, -0.15) is 0 Å². The standard InChI is InChI=1S/C29H23ClN2O3/c1-19-10-12-20(13-11-19)17-32-28(33)26(31-29(32)34)16-24-23-8-4-2-6-21(23)14-15-27(24)35-18-22-7-3-5-9-25(22)30/h2-16H,17-18H2,1H3,(H,31,34)/b26-16+. The van der Waals surface area contributed by atoms with Crippen LogP contribution in [0.3, 0.4) is 0 Å². The number of hydrogen-bond donors (Lipinski definition) is 1. The highest BCUT2D eigenvalue weighted by Gasteiger charge is 2.33. The minimum absolute atomic E-state index is 0.202. The van der Waals surface area contributed by atoms with Gasteiger partial charge in [0.25, 0.3) is 5.91 Å². The lowest BCUT2D eigenvalue weighted by molar-refractivity contribution is -0.123. The molecular formula is C29H23ClN2O3. The van der Waals surface area contributed by atoms with E-state index in [1.807, 2.05) is 91.9 Å². The molecule has 1 fully saturated rings. The molecule has 5 rings (SSSR count). The number of ether oxygens (including phenoxy) is 1. The largest absolute Gasteiger partial charge is 0.488 e. The average molecular weight is 483 g/mol. The third kappa shape index (κ3) is 4.77. The Kier molecular flexibility index (Phi) is 6.25. The van der Waals surface area contributed by atoms with E-state index in [4.69, 9.17) is 16.3 Å². The molecule has 0 bridgehead atoms. The Balaban J connectivity index is 1.48. The number of nitrogens with one attached hydrogen (secondary N) is 1. The summed E-state index contributed by atoms with van der Waals surface area (Å²) in [5, 5.41) is 5.26. The molecule has 0 unspecified atom stereocenters. The van der Waals surface area contributed by atoms with Crippen LogP contribution in [0.25, 0.3) is 16.8 Å². The number of rotatable bonds is 6. The lowest BCUT2D eigenvalue weighted by atomic mass is 10.0. The van der Waals surface area contributed by atoms with Gasteiger partial charge >= 0.3 is 6.03 Å². The van der Waals surface area contributed by atoms with Crippen LogP contribution in [0.2, 0.25) is 5.02 Å². The third-order valence-corrected chi connectivity index (χ3v) is 6.35. The fourth-order valence-corrected chi connectivity index (χ4v) is 4.25. The molecule has 0 aliphatic carbocycles. The van der Waals surface area contributed by atoms with Gasteiger partial charge < -0.3 is 10.1 Å². The van der Waals surface area contributed by atoms with Gasteiger partial charge in [-0.1, -0.05) is 90.0 Å². The van der Waals surface area contributed by atoms with E-state index >= 15 is 0 Å². The second kappa shape index (κ2) is 9.65. The minimum atomic E-state index is -0.444. The molecule has 4 aromatic rings. The summed E-state index contributed by atoms with van der Waals surface area (Å²) >= 11 is 6.30. The lowest BCUT2D eigenvalue weighted by Crippen LogP contribution is -2.30. The Bertz CT molecular complexity index is 1460. The van der Waals surface area contributed by atoms with E-state index in [9.17, 15) is 9.59 Å². The quantitative estimate of drug-likeness (QED) is 0.253. The number of aryl methyl sites for hydroxylation is 1. The van der Waals surface area contributed by atoms with Gasteiger partial charge in [-0.3, -0.25) is 9.69 Å². The molecule has 1 aliphatic heterocycles. The van der Waals surface area contributed by atoms with Gasteiger partial charge in [0.2, 0.25) is 0 Å². The number of amides is 3. The predicted molar refractivity (Wildman–Crippen MR) is 138 cm³/mol. The Morgan fingerprint density at radius 1 is 0.914 bits per heavy atom. The van der Waals surface area contributed by atoms with Crippen molar-refractivity contribution in [2.45, 2.75) is 20.1 Å². The number of carbonyl (C=O) groups excluding carboxylic acids is 2. The Morgan fingerprint density at radius 2 is 1.66 bits per heavy atom. The molecule has 1 saturated heterocycles. The van der Waals surface area contributed by atoms with Gasteiger partial charge in [0.1, 0.15) is 18.1 Å². The molecule has 0 radical (unpaired) electrons. The van der Waals surface area contributed by atoms with E-state index in [-0.39, 0.29) is 24.8 Å². The first kappa shape index (κ1) is 22.7. The summed E-state index contributed by atoms with van der Waals surface area (Å²) in [4.78, 5) is 27.1. The summed E-state index contributed by atoms with van der Waals surface area (Å²) in [6.07, 6.45) is 1.69. The van der Waals surface area contributed by atoms with Crippen LogP contribution in [-0.2, 0) is 17.9 Å². The van der Waals surface area contributed by atoms with E-state index in [0.717, 1.165) is 33.0 Å². The van der Waals surface area contributed by atoms with Crippen molar-refractivity contribution in [3.05, 3.63) is 118 Å². The van der Waals surface area contributed by atoms with E-state index in [0.29, 0.717) is 10.8 Å². The summed E-state index contributed by atoms with van der Waals surface area (Å²) < 4.78 is 6.15. The third-order valence-electron chi connectivity index (χ3n) is 5.98. The zero-order valence-electron chi connectivity index (χ0n) is 19.1. The first-order valence-electron chi connectivity index (χ1n) is 11.3. The van der Waals surface area contributed by atoms with Gasteiger partial charge in [0.15, 0.2) is 0 Å². The van der Waals surface area contributed by atoms with Crippen molar-refractivity contribution in [1.82, 2.24) is 10.2 Å². The minimum Gasteiger partial charge on any atom is -0.488 e. The number of imide groups is 1. The van der Waals surface area contributed by atoms with Gasteiger partial charge in [-0.25, -0.2) is 4.79 Å². The number of benzene rings is 4. The Hall–Kier alpha value is -4.09. The van der Waals surface area contributed by atoms with Crippen LogP contribution in [0, 0.1) is 6.92 Å². The lowest BCUT2D eigenvalue weighted by Gasteiger charge is -2.14. The molecule has 0 aromatic heterocycles. The highest BCUT2D eigenvalue weighted by atomic mass is 35.5. The molecule has 1 heterocycles. The predicted octanol–water partition coefficient (Wildman–Crippen LogP) is 6.47. The highest BCUT2D eigenvalue weighted by molar-refractivity contribution is 6.31. The maximum absolute atomic E-state index is 13.2. The monoisotopic (exact) mass is 482 g/mol. The van der Waals surface area contributed by atoms with Crippen molar-refractivity contribution in [3.63, 3.8) is 0 Å². The SMILES string of the molecule is Cc1ccc(CN2C(=O)N/C(=C/c3c(OCc4ccccc4Cl)ccc4ccccc34)C2=O)cc1. The van der Waals surface area contributed by atoms with E-state index in [2.05, 4.69) is 5.32 Å². The number of fused-ring (bicyclic) bond motifs is 1. The number of carbonyl (C=O) groups is 2. The number of urea groups is 1. The molecule has 1 N–H and O–H groups in total. The number of nitrogens with zero attached hydrogens (tertiary/aromatic N) is 1. The van der Waals surface area contributed by atoms with E-state index < -0.39 is 6.03 Å². The van der Waals surface area contributed by atoms with E-state index in [1.54, 1.807) is 6.08 Å². The van der Waals surface area contributed by atoms with Crippen molar-refractivity contribution in [2.24, 2.45) is 0 Å². The van der Waals surface area contributed by atoms with Crippen molar-refractivity contribution in [1.29, 1.82) is 0 Å². The van der Waals surface area contributed by atoms with Crippen LogP contribution in [0.15, 0.2) is 90.6 Å². The van der Waals surface area contributed by atoms with Crippen LogP contribution in [0.5, 0.6) is 5.75 Å². The molecule has 5 nitrogen and oxygen atoms in total. The molecule has 0 atom stereocenters. The van der Waals surface area contributed by atoms with Crippen molar-refractivity contribution < 1.29 is 14.3 Å². The van der Waals surface area contributed by atoms with Crippen molar-refractivity contribution in [3.8, 4) is 5.75 Å². The maximum Gasteiger partial charge on any atom is 0.329 e. The summed E-state index contributed by atoms with van der Waals surface area (Å²) in [6.45, 7) is 2.47. The van der Waals surface area contributed by atoms with Gasteiger partial charge in [0, 0.05) is 16.1 Å². The molecule has 0 saturated carbocycles. The second-order valence-corrected chi connectivity index (χ2v) is 8.85. The Labute approximate surface area is 208 Å². The average Bonchev–Trinajstić information content (AvgIpc) is 3.13. The van der Waals surface area contributed by atoms with E-state index in [1.165, 1.54) is 4.90 Å². The Morgan fingerprint density at radius 3 is 2.46 bits per heavy atom. The molecule has 1 aliphatic rings.